The Bertz CT molecular complexity index is 1020. The van der Waals surface area contributed by atoms with Crippen molar-refractivity contribution in [3.05, 3.63) is 24.3 Å². The van der Waals surface area contributed by atoms with Crippen LogP contribution in [0.1, 0.15) is 232 Å². The molecule has 0 aromatic carbocycles. The molecule has 0 aliphatic heterocycles. The summed E-state index contributed by atoms with van der Waals surface area (Å²) in [7, 11) is 5.54. The number of aliphatic carboxylic acids is 1. The lowest BCUT2D eigenvalue weighted by Crippen LogP contribution is -2.50. The molecule has 0 aliphatic rings. The van der Waals surface area contributed by atoms with Crippen LogP contribution in [0.3, 0.4) is 0 Å². The first kappa shape index (κ1) is 56.8. The molecule has 0 aliphatic carbocycles. The van der Waals surface area contributed by atoms with Gasteiger partial charge in [0.15, 0.2) is 12.1 Å². The van der Waals surface area contributed by atoms with Crippen molar-refractivity contribution in [2.24, 2.45) is 0 Å². The summed E-state index contributed by atoms with van der Waals surface area (Å²) in [6.07, 6.45) is 47.9. The van der Waals surface area contributed by atoms with Gasteiger partial charge in [-0.25, -0.2) is 4.79 Å². The molecule has 2 atom stereocenters. The molecule has 2 unspecified atom stereocenters. The maximum Gasteiger partial charge on any atom is 0.362 e. The second kappa shape index (κ2) is 42.5. The molecular weight excluding hydrogens is 739 g/mol. The zero-order chi connectivity index (χ0) is 43.5. The smallest absolute Gasteiger partial charge is 0.362 e. The predicted molar refractivity (Wildman–Crippen MR) is 248 cm³/mol. The number of likely N-dealkylation sites (N-methyl/N-ethyl adjacent to an activating group) is 1. The van der Waals surface area contributed by atoms with Gasteiger partial charge in [0.1, 0.15) is 6.61 Å². The van der Waals surface area contributed by atoms with Crippen molar-refractivity contribution < 1.29 is 38.2 Å². The SMILES string of the molecule is CCCCCC/C=C/C=C/CCCCCCCCCCCCC(=O)OCC(COCCC(C(=O)O)[N+](C)(C)C)OC(=O)CCCCCCCCCCCCCCCCC. The minimum absolute atomic E-state index is 0.0480. The summed E-state index contributed by atoms with van der Waals surface area (Å²) in [5.41, 5.74) is 0. The van der Waals surface area contributed by atoms with E-state index < -0.39 is 18.1 Å². The van der Waals surface area contributed by atoms with Gasteiger partial charge in [0.25, 0.3) is 0 Å². The summed E-state index contributed by atoms with van der Waals surface area (Å²) in [5, 5.41) is 9.64. The zero-order valence-corrected chi connectivity index (χ0v) is 39.5. The highest BCUT2D eigenvalue weighted by atomic mass is 16.6. The number of allylic oxidation sites excluding steroid dienone is 4. The first-order valence-corrected chi connectivity index (χ1v) is 24.9. The lowest BCUT2D eigenvalue weighted by molar-refractivity contribution is -0.887. The van der Waals surface area contributed by atoms with Crippen LogP contribution in [-0.2, 0) is 28.6 Å². The summed E-state index contributed by atoms with van der Waals surface area (Å²) in [5.74, 6) is -1.45. The fourth-order valence-electron chi connectivity index (χ4n) is 7.50. The van der Waals surface area contributed by atoms with Crippen LogP contribution >= 0.6 is 0 Å². The number of quaternary nitrogens is 1. The zero-order valence-electron chi connectivity index (χ0n) is 39.5. The fourth-order valence-corrected chi connectivity index (χ4v) is 7.50. The lowest BCUT2D eigenvalue weighted by atomic mass is 10.0. The minimum Gasteiger partial charge on any atom is -0.477 e. The van der Waals surface area contributed by atoms with Gasteiger partial charge in [-0.15, -0.1) is 0 Å². The van der Waals surface area contributed by atoms with E-state index in [0.29, 0.717) is 19.3 Å². The van der Waals surface area contributed by atoms with Crippen LogP contribution in [0.5, 0.6) is 0 Å². The van der Waals surface area contributed by atoms with E-state index in [2.05, 4.69) is 38.2 Å². The number of unbranched alkanes of at least 4 members (excludes halogenated alkanes) is 28. The molecule has 8 nitrogen and oxygen atoms in total. The molecule has 346 valence electrons. The van der Waals surface area contributed by atoms with Gasteiger partial charge in [-0.05, 0) is 38.5 Å². The van der Waals surface area contributed by atoms with Gasteiger partial charge >= 0.3 is 17.9 Å². The minimum atomic E-state index is -0.872. The van der Waals surface area contributed by atoms with Crippen molar-refractivity contribution in [3.8, 4) is 0 Å². The van der Waals surface area contributed by atoms with E-state index in [9.17, 15) is 19.5 Å². The number of carboxylic acids is 1. The topological polar surface area (TPSA) is 99.1 Å². The molecule has 0 fully saturated rings. The van der Waals surface area contributed by atoms with Crippen LogP contribution in [-0.4, -0.2) is 80.6 Å². The Morgan fingerprint density at radius 2 is 0.881 bits per heavy atom. The predicted octanol–water partition coefficient (Wildman–Crippen LogP) is 14.0. The Hall–Kier alpha value is -2.19. The lowest BCUT2D eigenvalue weighted by Gasteiger charge is -2.31. The third-order valence-electron chi connectivity index (χ3n) is 11.4. The van der Waals surface area contributed by atoms with Gasteiger partial charge < -0.3 is 23.8 Å². The van der Waals surface area contributed by atoms with E-state index in [1.165, 1.54) is 161 Å². The number of carbonyl (C=O) groups excluding carboxylic acids is 2. The van der Waals surface area contributed by atoms with Crippen molar-refractivity contribution in [2.75, 3.05) is 41.0 Å². The second-order valence-electron chi connectivity index (χ2n) is 18.1. The van der Waals surface area contributed by atoms with Crippen LogP contribution in [0.15, 0.2) is 24.3 Å². The molecule has 0 saturated heterocycles. The molecule has 1 N–H and O–H groups in total. The molecule has 59 heavy (non-hydrogen) atoms. The highest BCUT2D eigenvalue weighted by Crippen LogP contribution is 2.16. The number of nitrogens with zero attached hydrogens (tertiary/aromatic N) is 1. The Labute approximate surface area is 364 Å². The monoisotopic (exact) mass is 835 g/mol. The number of rotatable bonds is 45. The van der Waals surface area contributed by atoms with E-state index in [-0.39, 0.29) is 36.2 Å². The van der Waals surface area contributed by atoms with Gasteiger partial charge in [0.05, 0.1) is 34.4 Å². The molecule has 0 radical (unpaired) electrons. The molecule has 8 heteroatoms. The van der Waals surface area contributed by atoms with Crippen LogP contribution in [0.2, 0.25) is 0 Å². The quantitative estimate of drug-likeness (QED) is 0.0282. The van der Waals surface area contributed by atoms with Crippen molar-refractivity contribution >= 4 is 17.9 Å². The number of carboxylic acid groups (broad SMARTS) is 1. The van der Waals surface area contributed by atoms with Gasteiger partial charge in [-0.3, -0.25) is 9.59 Å². The van der Waals surface area contributed by atoms with E-state index in [4.69, 9.17) is 14.2 Å². The molecule has 0 spiro atoms. The summed E-state index contributed by atoms with van der Waals surface area (Å²) in [4.78, 5) is 37.1. The maximum atomic E-state index is 12.8. The third kappa shape index (κ3) is 41.0. The van der Waals surface area contributed by atoms with Crippen LogP contribution in [0.4, 0.5) is 0 Å². The largest absolute Gasteiger partial charge is 0.477 e. The standard InChI is InChI=1S/C51H95NO7/c1-6-8-10-12-14-16-18-20-22-23-24-25-26-28-29-31-33-35-37-39-41-49(53)58-46-47(45-57-44-43-48(51(55)56)52(3,4)5)59-50(54)42-40-38-36-34-32-30-27-21-19-17-15-13-11-9-7-2/h16,18,20,22,47-48H,6-15,17,19,21,23-46H2,1-5H3/p+1/b18-16+,22-20+. The van der Waals surface area contributed by atoms with Crippen molar-refractivity contribution in [1.82, 2.24) is 0 Å². The van der Waals surface area contributed by atoms with Crippen molar-refractivity contribution in [1.29, 1.82) is 0 Å². The van der Waals surface area contributed by atoms with E-state index >= 15 is 0 Å². The van der Waals surface area contributed by atoms with Crippen LogP contribution in [0, 0.1) is 0 Å². The molecule has 0 aromatic heterocycles. The fraction of sp³-hybridized carbons (Fsp3) is 0.863. The highest BCUT2D eigenvalue weighted by molar-refractivity contribution is 5.72. The number of hydrogen-bond acceptors (Lipinski definition) is 6. The first-order valence-electron chi connectivity index (χ1n) is 24.9. The van der Waals surface area contributed by atoms with Crippen molar-refractivity contribution in [2.45, 2.75) is 244 Å². The summed E-state index contributed by atoms with van der Waals surface area (Å²) < 4.78 is 17.3. The molecule has 0 heterocycles. The summed E-state index contributed by atoms with van der Waals surface area (Å²) in [6, 6.07) is -0.612. The van der Waals surface area contributed by atoms with E-state index in [0.717, 1.165) is 38.5 Å². The Morgan fingerprint density at radius 3 is 1.29 bits per heavy atom. The first-order chi connectivity index (χ1) is 28.6. The number of carbonyl (C=O) groups is 3. The average Bonchev–Trinajstić information content (AvgIpc) is 3.19. The number of esters is 2. The summed E-state index contributed by atoms with van der Waals surface area (Å²) >= 11 is 0. The maximum absolute atomic E-state index is 12.8. The van der Waals surface area contributed by atoms with E-state index in [1.807, 2.05) is 21.1 Å². The molecule has 0 saturated carbocycles. The summed E-state index contributed by atoms with van der Waals surface area (Å²) in [6.45, 7) is 4.75. The number of hydrogen-bond donors (Lipinski definition) is 1. The van der Waals surface area contributed by atoms with Crippen molar-refractivity contribution in [3.63, 3.8) is 0 Å². The molecular formula is C51H96NO7+. The van der Waals surface area contributed by atoms with Gasteiger partial charge in [0, 0.05) is 19.3 Å². The Balaban J connectivity index is 4.23. The number of ether oxygens (including phenoxy) is 3. The van der Waals surface area contributed by atoms with Crippen LogP contribution < -0.4 is 0 Å². The normalized spacial score (nSPS) is 13.0. The Kier molecular flexibility index (Phi) is 40.9. The molecule has 0 aromatic rings. The molecule has 0 bridgehead atoms. The van der Waals surface area contributed by atoms with Crippen LogP contribution in [0.25, 0.3) is 0 Å². The average molecular weight is 835 g/mol. The second-order valence-corrected chi connectivity index (χ2v) is 18.1. The Morgan fingerprint density at radius 1 is 0.508 bits per heavy atom. The van der Waals surface area contributed by atoms with Gasteiger partial charge in [-0.1, -0.05) is 199 Å². The van der Waals surface area contributed by atoms with Gasteiger partial charge in [0.2, 0.25) is 0 Å². The highest BCUT2D eigenvalue weighted by Gasteiger charge is 2.31. The third-order valence-corrected chi connectivity index (χ3v) is 11.4. The molecule has 0 amide bonds. The van der Waals surface area contributed by atoms with Gasteiger partial charge in [-0.2, -0.15) is 0 Å². The molecule has 0 rings (SSSR count). The van der Waals surface area contributed by atoms with E-state index in [1.54, 1.807) is 0 Å².